The van der Waals surface area contributed by atoms with Crippen LogP contribution in [0.3, 0.4) is 0 Å². The number of aliphatic imine (C=N–C) groups is 1. The highest BCUT2D eigenvalue weighted by atomic mass is 16.3. The number of hydrogen-bond donors (Lipinski definition) is 2. The molecule has 0 heterocycles. The van der Waals surface area contributed by atoms with Gasteiger partial charge in [-0.3, -0.25) is 4.99 Å². The van der Waals surface area contributed by atoms with E-state index in [0.717, 1.165) is 16.9 Å². The van der Waals surface area contributed by atoms with E-state index in [9.17, 15) is 0 Å². The maximum absolute atomic E-state index is 8.63. The van der Waals surface area contributed by atoms with Gasteiger partial charge in [-0.25, -0.2) is 0 Å². The van der Waals surface area contributed by atoms with Crippen LogP contribution in [0.4, 0.5) is 5.69 Å². The highest BCUT2D eigenvalue weighted by molar-refractivity contribution is 5.65. The number of aliphatic hydroxyl groups is 1. The maximum Gasteiger partial charge on any atom is 0.0629 e. The Morgan fingerprint density at radius 2 is 2.12 bits per heavy atom. The lowest BCUT2D eigenvalue weighted by Crippen LogP contribution is -2.15. The van der Waals surface area contributed by atoms with Crippen LogP contribution in [0.1, 0.15) is 19.4 Å². The van der Waals surface area contributed by atoms with E-state index >= 15 is 0 Å². The van der Waals surface area contributed by atoms with E-state index in [1.807, 2.05) is 38.1 Å². The van der Waals surface area contributed by atoms with E-state index in [4.69, 9.17) is 5.11 Å². The molecule has 1 rings (SSSR count). The Balaban J connectivity index is 0.00000106. The molecule has 0 atom stereocenters. The van der Waals surface area contributed by atoms with Gasteiger partial charge in [-0.2, -0.15) is 0 Å². The SMILES string of the molecule is C=Nc1cccc(C(=C)NCCO)c1.CC. The third-order valence-electron chi connectivity index (χ3n) is 1.83. The van der Waals surface area contributed by atoms with Crippen molar-refractivity contribution in [1.29, 1.82) is 0 Å². The highest BCUT2D eigenvalue weighted by Gasteiger charge is 1.97. The van der Waals surface area contributed by atoms with E-state index in [0.29, 0.717) is 6.54 Å². The molecule has 16 heavy (non-hydrogen) atoms. The van der Waals surface area contributed by atoms with Crippen LogP contribution in [0.5, 0.6) is 0 Å². The molecular weight excluding hydrogens is 200 g/mol. The number of nitrogens with one attached hydrogen (secondary N) is 1. The molecule has 0 aliphatic rings. The van der Waals surface area contributed by atoms with Gasteiger partial charge >= 0.3 is 0 Å². The van der Waals surface area contributed by atoms with Crippen LogP contribution in [0.2, 0.25) is 0 Å². The topological polar surface area (TPSA) is 44.6 Å². The van der Waals surface area contributed by atoms with Crippen molar-refractivity contribution in [3.05, 3.63) is 36.4 Å². The van der Waals surface area contributed by atoms with Crippen molar-refractivity contribution in [1.82, 2.24) is 5.32 Å². The lowest BCUT2D eigenvalue weighted by Gasteiger charge is -2.08. The lowest BCUT2D eigenvalue weighted by atomic mass is 10.1. The van der Waals surface area contributed by atoms with E-state index < -0.39 is 0 Å². The minimum Gasteiger partial charge on any atom is -0.395 e. The molecule has 0 aliphatic carbocycles. The predicted octanol–water partition coefficient (Wildman–Crippen LogP) is 2.60. The summed E-state index contributed by atoms with van der Waals surface area (Å²) in [5.41, 5.74) is 2.56. The van der Waals surface area contributed by atoms with Crippen molar-refractivity contribution in [2.75, 3.05) is 13.2 Å². The van der Waals surface area contributed by atoms with Gasteiger partial charge in [0.1, 0.15) is 0 Å². The molecule has 0 saturated carbocycles. The quantitative estimate of drug-likeness (QED) is 0.749. The number of benzene rings is 1. The normalized spacial score (nSPS) is 8.69. The molecular formula is C13H20N2O. The summed E-state index contributed by atoms with van der Waals surface area (Å²) >= 11 is 0. The van der Waals surface area contributed by atoms with Crippen molar-refractivity contribution in [3.8, 4) is 0 Å². The van der Waals surface area contributed by atoms with Gasteiger partial charge in [-0.1, -0.05) is 32.6 Å². The molecule has 0 radical (unpaired) electrons. The summed E-state index contributed by atoms with van der Waals surface area (Å²) in [6.07, 6.45) is 0. The van der Waals surface area contributed by atoms with Crippen LogP contribution in [-0.4, -0.2) is 25.0 Å². The second-order valence-corrected chi connectivity index (χ2v) is 2.84. The Bertz CT molecular complexity index is 334. The zero-order valence-corrected chi connectivity index (χ0v) is 10.0. The molecule has 1 aromatic carbocycles. The average molecular weight is 220 g/mol. The average Bonchev–Trinajstić information content (AvgIpc) is 2.38. The van der Waals surface area contributed by atoms with Gasteiger partial charge in [0.05, 0.1) is 12.3 Å². The van der Waals surface area contributed by atoms with E-state index in [1.54, 1.807) is 0 Å². The Morgan fingerprint density at radius 1 is 1.44 bits per heavy atom. The minimum atomic E-state index is 0.0957. The first-order chi connectivity index (χ1) is 7.77. The number of hydrogen-bond acceptors (Lipinski definition) is 3. The molecule has 0 unspecified atom stereocenters. The fraction of sp³-hybridized carbons (Fsp3) is 0.308. The van der Waals surface area contributed by atoms with Gasteiger partial charge in [0.2, 0.25) is 0 Å². The lowest BCUT2D eigenvalue weighted by molar-refractivity contribution is 0.299. The van der Waals surface area contributed by atoms with Gasteiger partial charge in [0, 0.05) is 12.2 Å². The zero-order valence-electron chi connectivity index (χ0n) is 10.0. The molecule has 0 aliphatic heterocycles. The Morgan fingerprint density at radius 3 is 2.69 bits per heavy atom. The van der Waals surface area contributed by atoms with Crippen LogP contribution in [0.15, 0.2) is 35.8 Å². The number of nitrogens with zero attached hydrogens (tertiary/aromatic N) is 1. The van der Waals surface area contributed by atoms with Crippen molar-refractivity contribution >= 4 is 18.1 Å². The van der Waals surface area contributed by atoms with Crippen LogP contribution in [0, 0.1) is 0 Å². The first-order valence-electron chi connectivity index (χ1n) is 5.38. The Hall–Kier alpha value is -1.61. The standard InChI is InChI=1S/C11H14N2O.C2H6/c1-9(13-6-7-14)10-4-3-5-11(8-10)12-2;1-2/h3-5,8,13-14H,1-2,6-7H2;1-2H3. The van der Waals surface area contributed by atoms with Crippen LogP contribution in [-0.2, 0) is 0 Å². The van der Waals surface area contributed by atoms with Gasteiger partial charge < -0.3 is 10.4 Å². The van der Waals surface area contributed by atoms with Crippen molar-refractivity contribution in [3.63, 3.8) is 0 Å². The molecule has 1 aromatic rings. The molecule has 0 amide bonds. The molecule has 3 nitrogen and oxygen atoms in total. The van der Waals surface area contributed by atoms with Crippen molar-refractivity contribution < 1.29 is 5.11 Å². The summed E-state index contributed by atoms with van der Waals surface area (Å²) in [7, 11) is 0. The van der Waals surface area contributed by atoms with Crippen LogP contribution >= 0.6 is 0 Å². The minimum absolute atomic E-state index is 0.0957. The molecule has 2 N–H and O–H groups in total. The van der Waals surface area contributed by atoms with Crippen LogP contribution < -0.4 is 5.32 Å². The molecule has 0 bridgehead atoms. The predicted molar refractivity (Wildman–Crippen MR) is 71.1 cm³/mol. The Kier molecular flexibility index (Phi) is 7.81. The zero-order chi connectivity index (χ0) is 12.4. The van der Waals surface area contributed by atoms with E-state index in [1.165, 1.54) is 0 Å². The first-order valence-corrected chi connectivity index (χ1v) is 5.38. The van der Waals surface area contributed by atoms with Gasteiger partial charge in [-0.05, 0) is 24.4 Å². The molecule has 0 fully saturated rings. The smallest absolute Gasteiger partial charge is 0.0629 e. The summed E-state index contributed by atoms with van der Waals surface area (Å²) in [6.45, 7) is 11.9. The number of rotatable bonds is 5. The van der Waals surface area contributed by atoms with E-state index in [2.05, 4.69) is 23.6 Å². The molecule has 0 spiro atoms. The third kappa shape index (κ3) is 4.75. The summed E-state index contributed by atoms with van der Waals surface area (Å²) in [4.78, 5) is 3.83. The largest absolute Gasteiger partial charge is 0.395 e. The summed E-state index contributed by atoms with van der Waals surface area (Å²) in [5, 5.41) is 11.6. The molecule has 3 heteroatoms. The fourth-order valence-electron chi connectivity index (χ4n) is 1.10. The van der Waals surface area contributed by atoms with Crippen LogP contribution in [0.25, 0.3) is 5.70 Å². The summed E-state index contributed by atoms with van der Waals surface area (Å²) in [6, 6.07) is 7.59. The van der Waals surface area contributed by atoms with Gasteiger partial charge in [0.25, 0.3) is 0 Å². The second kappa shape index (κ2) is 8.68. The second-order valence-electron chi connectivity index (χ2n) is 2.84. The Labute approximate surface area is 97.5 Å². The van der Waals surface area contributed by atoms with Crippen molar-refractivity contribution in [2.24, 2.45) is 4.99 Å². The van der Waals surface area contributed by atoms with Gasteiger partial charge in [0.15, 0.2) is 0 Å². The molecule has 0 aromatic heterocycles. The van der Waals surface area contributed by atoms with E-state index in [-0.39, 0.29) is 6.61 Å². The summed E-state index contributed by atoms with van der Waals surface area (Å²) < 4.78 is 0. The maximum atomic E-state index is 8.63. The first kappa shape index (κ1) is 14.4. The monoisotopic (exact) mass is 220 g/mol. The molecule has 0 saturated heterocycles. The summed E-state index contributed by atoms with van der Waals surface area (Å²) in [5.74, 6) is 0. The molecule has 88 valence electrons. The third-order valence-corrected chi connectivity index (χ3v) is 1.83. The fourth-order valence-corrected chi connectivity index (χ4v) is 1.10. The van der Waals surface area contributed by atoms with Gasteiger partial charge in [-0.15, -0.1) is 0 Å². The number of aliphatic hydroxyl groups excluding tert-OH is 1. The highest BCUT2D eigenvalue weighted by Crippen LogP contribution is 2.17. The van der Waals surface area contributed by atoms with Crippen molar-refractivity contribution in [2.45, 2.75) is 13.8 Å².